The van der Waals surface area contributed by atoms with Crippen LogP contribution in [0.3, 0.4) is 0 Å². The third-order valence-corrected chi connectivity index (χ3v) is 2.36. The topological polar surface area (TPSA) is 65.7 Å². The SMILES string of the molecule is Cc1cc(C(F)(F)F)cc2[nH]c(=O)c(=O)[nH]c12. The molecule has 0 saturated carbocycles. The van der Waals surface area contributed by atoms with Gasteiger partial charge in [-0.1, -0.05) is 0 Å². The molecule has 0 fully saturated rings. The Morgan fingerprint density at radius 2 is 1.65 bits per heavy atom. The highest BCUT2D eigenvalue weighted by atomic mass is 19.4. The lowest BCUT2D eigenvalue weighted by Gasteiger charge is -2.09. The number of rotatable bonds is 0. The molecule has 2 rings (SSSR count). The molecular formula is C10H7F3N2O2. The molecule has 0 aliphatic heterocycles. The van der Waals surface area contributed by atoms with Gasteiger partial charge >= 0.3 is 17.3 Å². The standard InChI is InChI=1S/C10H7F3N2O2/c1-4-2-5(10(11,12)13)3-6-7(4)15-9(17)8(16)14-6/h2-3H,1H3,(H,14,16)(H,15,17). The van der Waals surface area contributed by atoms with Gasteiger partial charge < -0.3 is 9.97 Å². The Morgan fingerprint density at radius 1 is 1.06 bits per heavy atom. The van der Waals surface area contributed by atoms with E-state index in [2.05, 4.69) is 9.97 Å². The van der Waals surface area contributed by atoms with Crippen LogP contribution in [0.2, 0.25) is 0 Å². The van der Waals surface area contributed by atoms with Crippen molar-refractivity contribution >= 4 is 11.0 Å². The van der Waals surface area contributed by atoms with E-state index in [0.29, 0.717) is 0 Å². The summed E-state index contributed by atoms with van der Waals surface area (Å²) in [4.78, 5) is 26.4. The maximum absolute atomic E-state index is 12.5. The molecule has 17 heavy (non-hydrogen) atoms. The Balaban J connectivity index is 2.87. The van der Waals surface area contributed by atoms with Gasteiger partial charge in [-0.05, 0) is 24.6 Å². The van der Waals surface area contributed by atoms with Gasteiger partial charge in [0, 0.05) is 0 Å². The number of H-pyrrole nitrogens is 2. The molecule has 0 aliphatic carbocycles. The van der Waals surface area contributed by atoms with E-state index in [4.69, 9.17) is 0 Å². The molecule has 0 radical (unpaired) electrons. The number of fused-ring (bicyclic) bond motifs is 1. The second-order valence-corrected chi connectivity index (χ2v) is 3.62. The summed E-state index contributed by atoms with van der Waals surface area (Å²) >= 11 is 0. The van der Waals surface area contributed by atoms with E-state index in [1.807, 2.05) is 0 Å². The van der Waals surface area contributed by atoms with Crippen LogP contribution in [0.1, 0.15) is 11.1 Å². The maximum atomic E-state index is 12.5. The molecule has 0 spiro atoms. The van der Waals surface area contributed by atoms with Crippen molar-refractivity contribution in [3.63, 3.8) is 0 Å². The first-order valence-electron chi connectivity index (χ1n) is 4.63. The van der Waals surface area contributed by atoms with E-state index in [0.717, 1.165) is 12.1 Å². The van der Waals surface area contributed by atoms with Crippen LogP contribution >= 0.6 is 0 Å². The number of aryl methyl sites for hydroxylation is 1. The summed E-state index contributed by atoms with van der Waals surface area (Å²) in [7, 11) is 0. The first kappa shape index (κ1) is 11.4. The average Bonchev–Trinajstić information content (AvgIpc) is 2.19. The summed E-state index contributed by atoms with van der Waals surface area (Å²) in [6.45, 7) is 1.42. The Kier molecular flexibility index (Phi) is 2.34. The molecule has 0 unspecified atom stereocenters. The van der Waals surface area contributed by atoms with Gasteiger partial charge in [0.25, 0.3) is 0 Å². The number of benzene rings is 1. The smallest absolute Gasteiger partial charge is 0.316 e. The number of hydrogen-bond acceptors (Lipinski definition) is 2. The maximum Gasteiger partial charge on any atom is 0.416 e. The van der Waals surface area contributed by atoms with Crippen LogP contribution in [0.4, 0.5) is 13.2 Å². The van der Waals surface area contributed by atoms with Crippen molar-refractivity contribution in [2.75, 3.05) is 0 Å². The monoisotopic (exact) mass is 244 g/mol. The van der Waals surface area contributed by atoms with E-state index in [9.17, 15) is 22.8 Å². The first-order chi connectivity index (χ1) is 7.79. The van der Waals surface area contributed by atoms with Gasteiger partial charge in [0.2, 0.25) is 0 Å². The van der Waals surface area contributed by atoms with E-state index in [1.54, 1.807) is 0 Å². The van der Waals surface area contributed by atoms with E-state index < -0.39 is 22.9 Å². The zero-order valence-electron chi connectivity index (χ0n) is 8.61. The Labute approximate surface area is 92.1 Å². The first-order valence-corrected chi connectivity index (χ1v) is 4.63. The normalized spacial score (nSPS) is 12.0. The van der Waals surface area contributed by atoms with Crippen LogP contribution in [-0.2, 0) is 6.18 Å². The second kappa shape index (κ2) is 3.47. The molecule has 1 aromatic carbocycles. The van der Waals surface area contributed by atoms with Crippen molar-refractivity contribution in [1.82, 2.24) is 9.97 Å². The molecule has 2 aromatic rings. The van der Waals surface area contributed by atoms with Crippen LogP contribution in [-0.4, -0.2) is 9.97 Å². The predicted octanol–water partition coefficient (Wildman–Crippen LogP) is 1.54. The highest BCUT2D eigenvalue weighted by Gasteiger charge is 2.31. The van der Waals surface area contributed by atoms with Crippen molar-refractivity contribution in [1.29, 1.82) is 0 Å². The zero-order valence-corrected chi connectivity index (χ0v) is 8.61. The molecule has 4 nitrogen and oxygen atoms in total. The molecule has 7 heteroatoms. The van der Waals surface area contributed by atoms with Crippen LogP contribution < -0.4 is 11.1 Å². The minimum atomic E-state index is -4.49. The highest BCUT2D eigenvalue weighted by Crippen LogP contribution is 2.31. The third kappa shape index (κ3) is 1.95. The van der Waals surface area contributed by atoms with Crippen molar-refractivity contribution < 1.29 is 13.2 Å². The summed E-state index contributed by atoms with van der Waals surface area (Å²) in [6.07, 6.45) is -4.49. The molecule has 2 N–H and O–H groups in total. The van der Waals surface area contributed by atoms with Crippen molar-refractivity contribution in [3.8, 4) is 0 Å². The van der Waals surface area contributed by atoms with Crippen molar-refractivity contribution in [3.05, 3.63) is 44.0 Å². The summed E-state index contributed by atoms with van der Waals surface area (Å²) in [5.74, 6) is 0. The lowest BCUT2D eigenvalue weighted by molar-refractivity contribution is -0.137. The van der Waals surface area contributed by atoms with E-state index in [-0.39, 0.29) is 16.6 Å². The summed E-state index contributed by atoms with van der Waals surface area (Å²) in [5, 5.41) is 0. The molecule has 0 bridgehead atoms. The number of halogens is 3. The molecule has 1 heterocycles. The molecular weight excluding hydrogens is 237 g/mol. The Morgan fingerprint density at radius 3 is 2.24 bits per heavy atom. The third-order valence-electron chi connectivity index (χ3n) is 2.36. The van der Waals surface area contributed by atoms with Gasteiger partial charge in [-0.15, -0.1) is 0 Å². The number of alkyl halides is 3. The van der Waals surface area contributed by atoms with Crippen molar-refractivity contribution in [2.45, 2.75) is 13.1 Å². The minimum Gasteiger partial charge on any atom is -0.316 e. The highest BCUT2D eigenvalue weighted by molar-refractivity contribution is 5.78. The second-order valence-electron chi connectivity index (χ2n) is 3.62. The van der Waals surface area contributed by atoms with Crippen LogP contribution in [0.15, 0.2) is 21.7 Å². The molecule has 0 amide bonds. The van der Waals surface area contributed by atoms with Gasteiger partial charge in [0.1, 0.15) is 0 Å². The number of nitrogens with one attached hydrogen (secondary N) is 2. The average molecular weight is 244 g/mol. The number of aromatic nitrogens is 2. The Bertz CT molecular complexity index is 697. The fourth-order valence-electron chi connectivity index (χ4n) is 1.56. The minimum absolute atomic E-state index is 0.0399. The zero-order chi connectivity index (χ0) is 12.8. The fourth-order valence-corrected chi connectivity index (χ4v) is 1.56. The largest absolute Gasteiger partial charge is 0.416 e. The summed E-state index contributed by atoms with van der Waals surface area (Å²) in [5.41, 5.74) is -2.34. The van der Waals surface area contributed by atoms with Gasteiger partial charge in [0.15, 0.2) is 0 Å². The predicted molar refractivity (Wildman–Crippen MR) is 54.9 cm³/mol. The summed E-state index contributed by atoms with van der Waals surface area (Å²) < 4.78 is 37.5. The van der Waals surface area contributed by atoms with Gasteiger partial charge in [0.05, 0.1) is 16.6 Å². The van der Waals surface area contributed by atoms with Gasteiger partial charge in [-0.3, -0.25) is 9.59 Å². The van der Waals surface area contributed by atoms with Gasteiger partial charge in [-0.2, -0.15) is 13.2 Å². The lowest BCUT2D eigenvalue weighted by Crippen LogP contribution is -2.29. The molecule has 0 atom stereocenters. The number of hydrogen-bond donors (Lipinski definition) is 2. The molecule has 90 valence electrons. The van der Waals surface area contributed by atoms with Crippen LogP contribution in [0.5, 0.6) is 0 Å². The fraction of sp³-hybridized carbons (Fsp3) is 0.200. The molecule has 1 aromatic heterocycles. The number of aromatic amines is 2. The van der Waals surface area contributed by atoms with Gasteiger partial charge in [-0.25, -0.2) is 0 Å². The van der Waals surface area contributed by atoms with Crippen LogP contribution in [0, 0.1) is 6.92 Å². The van der Waals surface area contributed by atoms with Crippen LogP contribution in [0.25, 0.3) is 11.0 Å². The molecule has 0 saturated heterocycles. The summed E-state index contributed by atoms with van der Waals surface area (Å²) in [6, 6.07) is 1.70. The quantitative estimate of drug-likeness (QED) is 0.690. The molecule has 0 aliphatic rings. The van der Waals surface area contributed by atoms with Crippen molar-refractivity contribution in [2.24, 2.45) is 0 Å². The Hall–Kier alpha value is -2.05. The lowest BCUT2D eigenvalue weighted by atomic mass is 10.1. The van der Waals surface area contributed by atoms with E-state index in [1.165, 1.54) is 6.92 Å². The van der Waals surface area contributed by atoms with E-state index >= 15 is 0 Å².